The van der Waals surface area contributed by atoms with Crippen LogP contribution in [0.1, 0.15) is 46.6 Å². The van der Waals surface area contributed by atoms with Crippen LogP contribution in [0, 0.1) is 18.2 Å². The van der Waals surface area contributed by atoms with Crippen LogP contribution in [0.4, 0.5) is 4.39 Å². The predicted molar refractivity (Wildman–Crippen MR) is 155 cm³/mol. The highest BCUT2D eigenvalue weighted by Gasteiger charge is 2.50. The van der Waals surface area contributed by atoms with E-state index in [2.05, 4.69) is 22.0 Å². The maximum atomic E-state index is 14.4. The van der Waals surface area contributed by atoms with Crippen LogP contribution < -0.4 is 0 Å². The lowest BCUT2D eigenvalue weighted by molar-refractivity contribution is 0.0749. The molecule has 40 heavy (non-hydrogen) atoms. The number of benzene rings is 1. The first-order valence-corrected chi connectivity index (χ1v) is 15.0. The highest BCUT2D eigenvalue weighted by Crippen LogP contribution is 2.51. The third-order valence-electron chi connectivity index (χ3n) is 8.44. The Kier molecular flexibility index (Phi) is 6.39. The van der Waals surface area contributed by atoms with Crippen molar-refractivity contribution in [3.63, 3.8) is 0 Å². The quantitative estimate of drug-likeness (QED) is 0.246. The second kappa shape index (κ2) is 9.67. The van der Waals surface area contributed by atoms with Crippen LogP contribution in [-0.4, -0.2) is 52.6 Å². The molecule has 0 N–H and O–H groups in total. The van der Waals surface area contributed by atoms with Crippen molar-refractivity contribution in [1.82, 2.24) is 23.6 Å². The van der Waals surface area contributed by atoms with E-state index in [1.54, 1.807) is 29.2 Å². The second-order valence-corrected chi connectivity index (χ2v) is 13.3. The number of ketones is 1. The first-order valence-electron chi connectivity index (χ1n) is 13.3. The summed E-state index contributed by atoms with van der Waals surface area (Å²) in [4.78, 5) is 19.6. The lowest BCUT2D eigenvalue weighted by Gasteiger charge is -2.46. The predicted octanol–water partition coefficient (Wildman–Crippen LogP) is 5.04. The van der Waals surface area contributed by atoms with Gasteiger partial charge >= 0.3 is 0 Å². The van der Waals surface area contributed by atoms with Crippen LogP contribution in [0.25, 0.3) is 11.8 Å². The Bertz CT molecular complexity index is 1750. The lowest BCUT2D eigenvalue weighted by Crippen LogP contribution is -2.49. The first-order chi connectivity index (χ1) is 19.1. The Labute approximate surface area is 234 Å². The van der Waals surface area contributed by atoms with E-state index >= 15 is 0 Å². The minimum atomic E-state index is -2.76. The van der Waals surface area contributed by atoms with Gasteiger partial charge in [-0.3, -0.25) is 9.78 Å². The number of pyridine rings is 1. The molecular weight excluding hydrogens is 525 g/mol. The van der Waals surface area contributed by atoms with Crippen LogP contribution in [0.2, 0.25) is 0 Å². The molecule has 0 spiro atoms. The van der Waals surface area contributed by atoms with Crippen LogP contribution in [0.3, 0.4) is 0 Å². The van der Waals surface area contributed by atoms with Crippen LogP contribution in [-0.2, 0) is 23.2 Å². The fourth-order valence-electron chi connectivity index (χ4n) is 6.16. The average Bonchev–Trinajstić information content (AvgIpc) is 3.57. The molecule has 1 unspecified atom stereocenters. The first kappa shape index (κ1) is 26.4. The molecule has 206 valence electrons. The molecule has 9 heteroatoms. The van der Waals surface area contributed by atoms with E-state index in [9.17, 15) is 13.4 Å². The van der Waals surface area contributed by atoms with Crippen molar-refractivity contribution < 1.29 is 13.4 Å². The van der Waals surface area contributed by atoms with Crippen LogP contribution in [0.15, 0.2) is 77.7 Å². The Hall–Kier alpha value is -3.82. The van der Waals surface area contributed by atoms with Crippen LogP contribution >= 0.6 is 0 Å². The standard InChI is InChI=1S/C31H32FN5O2S/c1-21-11-13-33-28(15-21)30(38)31-17-22-19-34-37(25-9-6-24(32)7-10-25)29(22)16-23(31)5-8-26(18-31)36(3)40(4,39)27-12-14-35(2)20-27/h6-7,9-16,19-20,26H,4-5,8,17-18H2,1-3H3/t26-,31-,40?/m0/s1. The summed E-state index contributed by atoms with van der Waals surface area (Å²) in [6, 6.07) is 11.7. The van der Waals surface area contributed by atoms with Gasteiger partial charge in [-0.2, -0.15) is 5.10 Å². The van der Waals surface area contributed by atoms with E-state index < -0.39 is 15.1 Å². The van der Waals surface area contributed by atoms with Gasteiger partial charge in [0.15, 0.2) is 5.78 Å². The molecule has 3 aromatic heterocycles. The van der Waals surface area contributed by atoms with Gasteiger partial charge in [-0.15, -0.1) is 0 Å². The monoisotopic (exact) mass is 557 g/mol. The third kappa shape index (κ3) is 4.33. The van der Waals surface area contributed by atoms with Gasteiger partial charge in [0.2, 0.25) is 0 Å². The van der Waals surface area contributed by atoms with Gasteiger partial charge in [0.25, 0.3) is 0 Å². The van der Waals surface area contributed by atoms with Gasteiger partial charge in [-0.25, -0.2) is 17.6 Å². The number of fused-ring (bicyclic) bond motifs is 2. The van der Waals surface area contributed by atoms with E-state index in [0.29, 0.717) is 29.9 Å². The summed E-state index contributed by atoms with van der Waals surface area (Å²) >= 11 is 0. The third-order valence-corrected chi connectivity index (χ3v) is 10.6. The van der Waals surface area contributed by atoms with Gasteiger partial charge in [0.1, 0.15) is 11.5 Å². The van der Waals surface area contributed by atoms with Gasteiger partial charge in [0.05, 0.1) is 37.6 Å². The number of allylic oxidation sites excluding steroid dienone is 1. The smallest absolute Gasteiger partial charge is 0.191 e. The molecule has 0 amide bonds. The summed E-state index contributed by atoms with van der Waals surface area (Å²) in [6.45, 7) is 1.95. The molecule has 3 heterocycles. The molecule has 1 saturated carbocycles. The number of nitrogens with zero attached hydrogens (tertiary/aromatic N) is 5. The minimum Gasteiger partial charge on any atom is -0.356 e. The summed E-state index contributed by atoms with van der Waals surface area (Å²) in [6.07, 6.45) is 11.6. The topological polar surface area (TPSA) is 73.0 Å². The number of Topliss-reactive ketones (excluding diaryl/α,β-unsaturated/α-hetero) is 1. The Morgan fingerprint density at radius 1 is 1.23 bits per heavy atom. The zero-order chi connectivity index (χ0) is 28.2. The molecule has 2 aliphatic carbocycles. The normalized spacial score (nSPS) is 21.8. The summed E-state index contributed by atoms with van der Waals surface area (Å²) in [5, 5.41) is 4.62. The van der Waals surface area contributed by atoms with Crippen molar-refractivity contribution in [3.8, 4) is 5.69 Å². The molecule has 6 rings (SSSR count). The van der Waals surface area contributed by atoms with Crippen molar-refractivity contribution in [1.29, 1.82) is 0 Å². The maximum absolute atomic E-state index is 14.4. The van der Waals surface area contributed by atoms with E-state index in [-0.39, 0.29) is 17.6 Å². The van der Waals surface area contributed by atoms with Crippen molar-refractivity contribution in [2.45, 2.75) is 43.5 Å². The largest absolute Gasteiger partial charge is 0.356 e. The molecule has 4 aromatic rings. The van der Waals surface area contributed by atoms with Crippen LogP contribution in [0.5, 0.6) is 0 Å². The number of hydrogen-bond acceptors (Lipinski definition) is 4. The number of aryl methyl sites for hydroxylation is 2. The SMILES string of the molecule is C=S(=O)(c1ccn(C)c1)N(C)[C@H]1CCC2=Cc3c(cnn3-c3ccc(F)cc3)C[C@]2(C(=O)c2cc(C)ccn2)C1. The number of carbonyl (C=O) groups excluding carboxylic acids is 1. The zero-order valence-electron chi connectivity index (χ0n) is 22.9. The van der Waals surface area contributed by atoms with E-state index in [1.165, 1.54) is 12.1 Å². The fraction of sp³-hybridized carbons (Fsp3) is 0.290. The molecule has 1 fully saturated rings. The average molecular weight is 558 g/mol. The summed E-state index contributed by atoms with van der Waals surface area (Å²) in [5.41, 5.74) is 4.17. The van der Waals surface area contributed by atoms with Crippen molar-refractivity contribution in [3.05, 3.63) is 101 Å². The molecule has 1 aromatic carbocycles. The Balaban J connectivity index is 1.43. The van der Waals surface area contributed by atoms with Gasteiger partial charge in [-0.1, -0.05) is 5.57 Å². The number of aromatic nitrogens is 4. The van der Waals surface area contributed by atoms with Crippen molar-refractivity contribution in [2.24, 2.45) is 12.5 Å². The molecule has 0 aliphatic heterocycles. The summed E-state index contributed by atoms with van der Waals surface area (Å²) in [7, 11) is 0.990. The number of rotatable bonds is 6. The Morgan fingerprint density at radius 2 is 2.00 bits per heavy atom. The van der Waals surface area contributed by atoms with Gasteiger partial charge in [0, 0.05) is 31.7 Å². The molecule has 7 nitrogen and oxygen atoms in total. The minimum absolute atomic E-state index is 0.0315. The highest BCUT2D eigenvalue weighted by atomic mass is 32.2. The van der Waals surface area contributed by atoms with E-state index in [0.717, 1.165) is 34.5 Å². The molecule has 2 aliphatic rings. The zero-order valence-corrected chi connectivity index (χ0v) is 23.7. The molecule has 0 bridgehead atoms. The maximum Gasteiger partial charge on any atom is 0.191 e. The summed E-state index contributed by atoms with van der Waals surface area (Å²) < 4.78 is 33.1. The second-order valence-electron chi connectivity index (χ2n) is 11.0. The van der Waals surface area contributed by atoms with E-state index in [1.807, 2.05) is 60.5 Å². The van der Waals surface area contributed by atoms with Gasteiger partial charge in [-0.05, 0) is 105 Å². The molecule has 0 radical (unpaired) electrons. The Morgan fingerprint density at radius 3 is 2.70 bits per heavy atom. The summed E-state index contributed by atoms with van der Waals surface area (Å²) in [5.74, 6) is 3.80. The van der Waals surface area contributed by atoms with Crippen molar-refractivity contribution >= 4 is 27.4 Å². The van der Waals surface area contributed by atoms with Gasteiger partial charge < -0.3 is 4.57 Å². The van der Waals surface area contributed by atoms with Crippen molar-refractivity contribution in [2.75, 3.05) is 7.05 Å². The molecule has 0 saturated heterocycles. The highest BCUT2D eigenvalue weighted by molar-refractivity contribution is 7.98. The number of halogens is 1. The fourth-order valence-corrected chi connectivity index (χ4v) is 7.76. The number of hydrogen-bond donors (Lipinski definition) is 0. The molecule has 3 atom stereocenters. The lowest BCUT2D eigenvalue weighted by atomic mass is 9.60. The van der Waals surface area contributed by atoms with E-state index in [4.69, 9.17) is 0 Å². The molecular formula is C31H32FN5O2S. The number of carbonyl (C=O) groups is 1.